The van der Waals surface area contributed by atoms with Crippen LogP contribution >= 0.6 is 11.8 Å². The number of hydrogen-bond donors (Lipinski definition) is 1. The number of thioether (sulfide) groups is 1. The largest absolute Gasteiger partial charge is 0.465 e. The lowest BCUT2D eigenvalue weighted by Gasteiger charge is -2.21. The van der Waals surface area contributed by atoms with Crippen molar-refractivity contribution in [3.63, 3.8) is 0 Å². The van der Waals surface area contributed by atoms with Gasteiger partial charge in [-0.3, -0.25) is 4.79 Å². The Balaban J connectivity index is 2.11. The van der Waals surface area contributed by atoms with Gasteiger partial charge in [-0.05, 0) is 38.0 Å². The van der Waals surface area contributed by atoms with Gasteiger partial charge in [0.25, 0.3) is 0 Å². The molecule has 1 atom stereocenters. The van der Waals surface area contributed by atoms with Gasteiger partial charge in [0.2, 0.25) is 0 Å². The van der Waals surface area contributed by atoms with Crippen LogP contribution in [-0.4, -0.2) is 23.9 Å². The molecule has 1 aromatic rings. The second-order valence-corrected chi connectivity index (χ2v) is 6.24. The minimum absolute atomic E-state index is 0.295. The average Bonchev–Trinajstić information content (AvgIpc) is 2.44. The minimum Gasteiger partial charge on any atom is -0.465 e. The molecule has 20 heavy (non-hydrogen) atoms. The first-order chi connectivity index (χ1) is 9.56. The van der Waals surface area contributed by atoms with Gasteiger partial charge in [-0.2, -0.15) is 11.8 Å². The molecular weight excluding hydrogens is 270 g/mol. The number of rotatable bonds is 9. The van der Waals surface area contributed by atoms with Crippen molar-refractivity contribution in [2.45, 2.75) is 44.4 Å². The van der Waals surface area contributed by atoms with E-state index >= 15 is 0 Å². The van der Waals surface area contributed by atoms with E-state index in [1.165, 1.54) is 5.56 Å². The Labute approximate surface area is 126 Å². The predicted molar refractivity (Wildman–Crippen MR) is 85.7 cm³/mol. The van der Waals surface area contributed by atoms with Crippen LogP contribution in [0.5, 0.6) is 0 Å². The van der Waals surface area contributed by atoms with Crippen LogP contribution in [0, 0.1) is 0 Å². The molecule has 1 rings (SSSR count). The van der Waals surface area contributed by atoms with Gasteiger partial charge in [0.15, 0.2) is 0 Å². The summed E-state index contributed by atoms with van der Waals surface area (Å²) in [6.07, 6.45) is 2.70. The Hall–Kier alpha value is -1.00. The Morgan fingerprint density at radius 3 is 2.65 bits per heavy atom. The fraction of sp³-hybridized carbons (Fsp3) is 0.562. The number of carbonyl (C=O) groups excluding carboxylic acids is 1. The van der Waals surface area contributed by atoms with Crippen LogP contribution in [0.25, 0.3) is 0 Å². The molecule has 3 nitrogen and oxygen atoms in total. The van der Waals surface area contributed by atoms with E-state index in [4.69, 9.17) is 10.5 Å². The second-order valence-electron chi connectivity index (χ2n) is 5.13. The fourth-order valence-electron chi connectivity index (χ4n) is 1.86. The lowest BCUT2D eigenvalue weighted by molar-refractivity contribution is -0.149. The highest BCUT2D eigenvalue weighted by molar-refractivity contribution is 7.98. The van der Waals surface area contributed by atoms with Crippen LogP contribution in [0.2, 0.25) is 0 Å². The summed E-state index contributed by atoms with van der Waals surface area (Å²) in [6.45, 7) is 3.94. The van der Waals surface area contributed by atoms with Crippen LogP contribution in [-0.2, 0) is 15.3 Å². The quantitative estimate of drug-likeness (QED) is 0.560. The van der Waals surface area contributed by atoms with Gasteiger partial charge in [-0.1, -0.05) is 36.8 Å². The van der Waals surface area contributed by atoms with Crippen LogP contribution in [0.3, 0.4) is 0 Å². The van der Waals surface area contributed by atoms with Crippen molar-refractivity contribution in [1.29, 1.82) is 0 Å². The van der Waals surface area contributed by atoms with E-state index in [2.05, 4.69) is 24.3 Å². The van der Waals surface area contributed by atoms with E-state index in [-0.39, 0.29) is 5.97 Å². The molecule has 2 N–H and O–H groups in total. The molecule has 0 saturated carbocycles. The van der Waals surface area contributed by atoms with Gasteiger partial charge in [-0.15, -0.1) is 0 Å². The van der Waals surface area contributed by atoms with Crippen LogP contribution in [0.1, 0.15) is 38.7 Å². The summed E-state index contributed by atoms with van der Waals surface area (Å²) >= 11 is 1.92. The molecule has 0 aromatic heterocycles. The normalized spacial score (nSPS) is 13.8. The number of unbranched alkanes of at least 4 members (excludes halogenated alkanes) is 1. The highest BCUT2D eigenvalue weighted by Crippen LogP contribution is 2.17. The molecule has 0 spiro atoms. The topological polar surface area (TPSA) is 52.3 Å². The van der Waals surface area contributed by atoms with Crippen molar-refractivity contribution in [3.05, 3.63) is 35.9 Å². The Morgan fingerprint density at radius 1 is 1.30 bits per heavy atom. The van der Waals surface area contributed by atoms with Crippen LogP contribution in [0.15, 0.2) is 30.3 Å². The summed E-state index contributed by atoms with van der Waals surface area (Å²) in [5.74, 6) is 1.84. The van der Waals surface area contributed by atoms with Crippen LogP contribution < -0.4 is 5.73 Å². The van der Waals surface area contributed by atoms with E-state index in [9.17, 15) is 4.79 Å². The molecule has 0 fully saturated rings. The van der Waals surface area contributed by atoms with Crippen LogP contribution in [0.4, 0.5) is 0 Å². The predicted octanol–water partition coefficient (Wildman–Crippen LogP) is 3.37. The maximum absolute atomic E-state index is 11.6. The SMILES string of the molecule is CCOC(=O)C(C)(N)CCCCSCc1ccccc1. The van der Waals surface area contributed by atoms with E-state index < -0.39 is 5.54 Å². The first kappa shape index (κ1) is 17.1. The number of hydrogen-bond acceptors (Lipinski definition) is 4. The van der Waals surface area contributed by atoms with Gasteiger partial charge in [0.05, 0.1) is 6.61 Å². The number of carbonyl (C=O) groups is 1. The first-order valence-corrected chi connectivity index (χ1v) is 8.29. The summed E-state index contributed by atoms with van der Waals surface area (Å²) in [6, 6.07) is 10.4. The lowest BCUT2D eigenvalue weighted by atomic mass is 9.96. The second kappa shape index (κ2) is 9.03. The number of esters is 1. The molecule has 112 valence electrons. The van der Waals surface area contributed by atoms with Crippen molar-refractivity contribution >= 4 is 17.7 Å². The Morgan fingerprint density at radius 2 is 2.00 bits per heavy atom. The van der Waals surface area contributed by atoms with Gasteiger partial charge < -0.3 is 10.5 Å². The molecule has 0 radical (unpaired) electrons. The van der Waals surface area contributed by atoms with Gasteiger partial charge in [0, 0.05) is 5.75 Å². The lowest BCUT2D eigenvalue weighted by Crippen LogP contribution is -2.46. The van der Waals surface area contributed by atoms with Crippen molar-refractivity contribution in [2.24, 2.45) is 5.73 Å². The van der Waals surface area contributed by atoms with Gasteiger partial charge in [0.1, 0.15) is 5.54 Å². The molecule has 0 aliphatic heterocycles. The minimum atomic E-state index is -0.847. The van der Waals surface area contributed by atoms with Crippen molar-refractivity contribution in [1.82, 2.24) is 0 Å². The monoisotopic (exact) mass is 295 g/mol. The van der Waals surface area contributed by atoms with Crippen molar-refractivity contribution < 1.29 is 9.53 Å². The molecule has 0 aliphatic carbocycles. The maximum Gasteiger partial charge on any atom is 0.325 e. The third-order valence-corrected chi connectivity index (χ3v) is 4.20. The van der Waals surface area contributed by atoms with Crippen molar-refractivity contribution in [2.75, 3.05) is 12.4 Å². The van der Waals surface area contributed by atoms with E-state index in [1.807, 2.05) is 17.8 Å². The molecule has 0 amide bonds. The third-order valence-electron chi connectivity index (χ3n) is 3.09. The standard InChI is InChI=1S/C16H25NO2S/c1-3-19-15(18)16(2,17)11-7-8-12-20-13-14-9-5-4-6-10-14/h4-6,9-10H,3,7-8,11-13,17H2,1-2H3. The molecular formula is C16H25NO2S. The summed E-state index contributed by atoms with van der Waals surface area (Å²) in [5.41, 5.74) is 6.48. The van der Waals surface area contributed by atoms with Gasteiger partial charge >= 0.3 is 5.97 Å². The molecule has 0 saturated heterocycles. The molecule has 1 aromatic carbocycles. The third kappa shape index (κ3) is 6.44. The Bertz CT molecular complexity index is 393. The zero-order valence-corrected chi connectivity index (χ0v) is 13.2. The van der Waals surface area contributed by atoms with E-state index in [0.29, 0.717) is 13.0 Å². The molecule has 0 aliphatic rings. The number of nitrogens with two attached hydrogens (primary N) is 1. The van der Waals surface area contributed by atoms with E-state index in [1.54, 1.807) is 13.8 Å². The summed E-state index contributed by atoms with van der Waals surface area (Å²) in [4.78, 5) is 11.6. The summed E-state index contributed by atoms with van der Waals surface area (Å²) < 4.78 is 4.97. The average molecular weight is 295 g/mol. The highest BCUT2D eigenvalue weighted by Gasteiger charge is 2.28. The maximum atomic E-state index is 11.6. The zero-order chi connectivity index (χ0) is 14.8. The van der Waals surface area contributed by atoms with E-state index in [0.717, 1.165) is 24.3 Å². The van der Waals surface area contributed by atoms with Crippen molar-refractivity contribution in [3.8, 4) is 0 Å². The number of ether oxygens (including phenoxy) is 1. The number of benzene rings is 1. The molecule has 0 heterocycles. The molecule has 4 heteroatoms. The molecule has 1 unspecified atom stereocenters. The molecule has 0 bridgehead atoms. The Kier molecular flexibility index (Phi) is 7.70. The summed E-state index contributed by atoms with van der Waals surface area (Å²) in [7, 11) is 0. The fourth-order valence-corrected chi connectivity index (χ4v) is 2.84. The van der Waals surface area contributed by atoms with Gasteiger partial charge in [-0.25, -0.2) is 0 Å². The summed E-state index contributed by atoms with van der Waals surface area (Å²) in [5, 5.41) is 0. The smallest absolute Gasteiger partial charge is 0.325 e. The highest BCUT2D eigenvalue weighted by atomic mass is 32.2. The first-order valence-electron chi connectivity index (χ1n) is 7.14. The zero-order valence-electron chi connectivity index (χ0n) is 12.4.